The van der Waals surface area contributed by atoms with Gasteiger partial charge < -0.3 is 9.73 Å². The molecule has 0 aliphatic carbocycles. The number of rotatable bonds is 4. The van der Waals surface area contributed by atoms with Crippen molar-refractivity contribution >= 4 is 22.6 Å². The van der Waals surface area contributed by atoms with Crippen LogP contribution in [-0.4, -0.2) is 7.05 Å². The van der Waals surface area contributed by atoms with E-state index in [4.69, 9.17) is 4.42 Å². The van der Waals surface area contributed by atoms with Crippen molar-refractivity contribution in [1.82, 2.24) is 5.32 Å². The van der Waals surface area contributed by atoms with Gasteiger partial charge in [-0.25, -0.2) is 4.39 Å². The van der Waals surface area contributed by atoms with Crippen LogP contribution < -0.4 is 5.32 Å². The van der Waals surface area contributed by atoms with Crippen LogP contribution in [0.5, 0.6) is 0 Å². The zero-order valence-electron chi connectivity index (χ0n) is 10.3. The summed E-state index contributed by atoms with van der Waals surface area (Å²) in [6.45, 7) is 2.05. The summed E-state index contributed by atoms with van der Waals surface area (Å²) in [6, 6.07) is 8.72. The lowest BCUT2D eigenvalue weighted by atomic mass is 10.0. The van der Waals surface area contributed by atoms with E-state index in [0.717, 1.165) is 27.1 Å². The SMILES string of the molecule is CCc1ccc(C(NC)c2ccc(F)cc2I)o1. The van der Waals surface area contributed by atoms with Gasteiger partial charge in [0.1, 0.15) is 17.3 Å². The predicted molar refractivity (Wildman–Crippen MR) is 78.1 cm³/mol. The van der Waals surface area contributed by atoms with E-state index >= 15 is 0 Å². The molecule has 0 bridgehead atoms. The molecule has 1 N–H and O–H groups in total. The molecule has 0 saturated carbocycles. The maximum atomic E-state index is 13.1. The summed E-state index contributed by atoms with van der Waals surface area (Å²) in [5.74, 6) is 1.60. The second kappa shape index (κ2) is 5.84. The van der Waals surface area contributed by atoms with Crippen molar-refractivity contribution in [3.63, 3.8) is 0 Å². The summed E-state index contributed by atoms with van der Waals surface area (Å²) in [5.41, 5.74) is 1.02. The monoisotopic (exact) mass is 359 g/mol. The Bertz CT molecular complexity index is 538. The fourth-order valence-corrected chi connectivity index (χ4v) is 2.71. The van der Waals surface area contributed by atoms with Crippen molar-refractivity contribution in [3.8, 4) is 0 Å². The van der Waals surface area contributed by atoms with Crippen molar-refractivity contribution < 1.29 is 8.81 Å². The molecule has 4 heteroatoms. The lowest BCUT2D eigenvalue weighted by Crippen LogP contribution is -2.18. The molecule has 18 heavy (non-hydrogen) atoms. The average Bonchev–Trinajstić information content (AvgIpc) is 2.81. The molecule has 1 aromatic carbocycles. The Morgan fingerprint density at radius 2 is 2.11 bits per heavy atom. The molecule has 2 nitrogen and oxygen atoms in total. The summed E-state index contributed by atoms with van der Waals surface area (Å²) >= 11 is 2.15. The van der Waals surface area contributed by atoms with Crippen LogP contribution >= 0.6 is 22.6 Å². The highest BCUT2D eigenvalue weighted by molar-refractivity contribution is 14.1. The van der Waals surface area contributed by atoms with Crippen LogP contribution in [0.2, 0.25) is 0 Å². The van der Waals surface area contributed by atoms with Gasteiger partial charge in [-0.2, -0.15) is 0 Å². The maximum absolute atomic E-state index is 13.1. The van der Waals surface area contributed by atoms with Crippen LogP contribution in [-0.2, 0) is 6.42 Å². The lowest BCUT2D eigenvalue weighted by molar-refractivity contribution is 0.433. The fourth-order valence-electron chi connectivity index (χ4n) is 1.93. The van der Waals surface area contributed by atoms with Crippen LogP contribution in [0.3, 0.4) is 0 Å². The second-order valence-corrected chi connectivity index (χ2v) is 5.21. The molecule has 0 spiro atoms. The van der Waals surface area contributed by atoms with Crippen molar-refractivity contribution in [1.29, 1.82) is 0 Å². The van der Waals surface area contributed by atoms with Gasteiger partial charge in [0.2, 0.25) is 0 Å². The van der Waals surface area contributed by atoms with E-state index in [1.807, 2.05) is 19.2 Å². The van der Waals surface area contributed by atoms with Crippen molar-refractivity contribution in [2.75, 3.05) is 7.05 Å². The van der Waals surface area contributed by atoms with Crippen molar-refractivity contribution in [2.24, 2.45) is 0 Å². The van der Waals surface area contributed by atoms with Gasteiger partial charge in [0.05, 0.1) is 6.04 Å². The van der Waals surface area contributed by atoms with E-state index in [1.165, 1.54) is 12.1 Å². The lowest BCUT2D eigenvalue weighted by Gasteiger charge is -2.16. The average molecular weight is 359 g/mol. The minimum atomic E-state index is -0.216. The van der Waals surface area contributed by atoms with Gasteiger partial charge in [0.25, 0.3) is 0 Å². The molecule has 1 unspecified atom stereocenters. The number of aryl methyl sites for hydroxylation is 1. The summed E-state index contributed by atoms with van der Waals surface area (Å²) in [6.07, 6.45) is 0.872. The first-order valence-corrected chi connectivity index (χ1v) is 6.94. The summed E-state index contributed by atoms with van der Waals surface area (Å²) < 4.78 is 19.8. The van der Waals surface area contributed by atoms with Gasteiger partial charge in [-0.15, -0.1) is 0 Å². The Balaban J connectivity index is 2.38. The minimum Gasteiger partial charge on any atom is -0.464 e. The van der Waals surface area contributed by atoms with Gasteiger partial charge in [0, 0.05) is 9.99 Å². The summed E-state index contributed by atoms with van der Waals surface area (Å²) in [4.78, 5) is 0. The highest BCUT2D eigenvalue weighted by Crippen LogP contribution is 2.28. The van der Waals surface area contributed by atoms with Gasteiger partial charge in [0.15, 0.2) is 0 Å². The third kappa shape index (κ3) is 2.75. The van der Waals surface area contributed by atoms with Crippen LogP contribution in [0.4, 0.5) is 4.39 Å². The van der Waals surface area contributed by atoms with E-state index in [-0.39, 0.29) is 11.9 Å². The van der Waals surface area contributed by atoms with Crippen LogP contribution in [0.25, 0.3) is 0 Å². The predicted octanol–water partition coefficient (Wildman–Crippen LogP) is 3.89. The van der Waals surface area contributed by atoms with Crippen molar-refractivity contribution in [2.45, 2.75) is 19.4 Å². The van der Waals surface area contributed by atoms with Crippen LogP contribution in [0.15, 0.2) is 34.7 Å². The van der Waals surface area contributed by atoms with E-state index < -0.39 is 0 Å². The quantitative estimate of drug-likeness (QED) is 0.838. The molecule has 0 saturated heterocycles. The molecule has 1 aromatic heterocycles. The molecule has 2 rings (SSSR count). The van der Waals surface area contributed by atoms with E-state index in [2.05, 4.69) is 34.8 Å². The first-order valence-electron chi connectivity index (χ1n) is 5.86. The molecule has 0 amide bonds. The zero-order chi connectivity index (χ0) is 13.1. The molecule has 2 aromatic rings. The number of furan rings is 1. The van der Waals surface area contributed by atoms with E-state index in [9.17, 15) is 4.39 Å². The molecule has 1 heterocycles. The second-order valence-electron chi connectivity index (χ2n) is 4.05. The molecule has 0 aliphatic heterocycles. The smallest absolute Gasteiger partial charge is 0.125 e. The van der Waals surface area contributed by atoms with Crippen molar-refractivity contribution in [3.05, 3.63) is 56.8 Å². The number of hydrogen-bond acceptors (Lipinski definition) is 2. The Hall–Kier alpha value is -0.880. The largest absolute Gasteiger partial charge is 0.464 e. The molecular formula is C14H15FINO. The first-order chi connectivity index (χ1) is 8.65. The summed E-state index contributed by atoms with van der Waals surface area (Å²) in [7, 11) is 1.87. The zero-order valence-corrected chi connectivity index (χ0v) is 12.5. The molecule has 0 radical (unpaired) electrons. The molecule has 0 fully saturated rings. The van der Waals surface area contributed by atoms with E-state index in [1.54, 1.807) is 6.07 Å². The highest BCUT2D eigenvalue weighted by Gasteiger charge is 2.18. The Kier molecular flexibility index (Phi) is 4.40. The Morgan fingerprint density at radius 1 is 1.33 bits per heavy atom. The Labute approximate surface area is 120 Å². The topological polar surface area (TPSA) is 25.2 Å². The third-order valence-corrected chi connectivity index (χ3v) is 3.81. The molecular weight excluding hydrogens is 344 g/mol. The number of hydrogen-bond donors (Lipinski definition) is 1. The minimum absolute atomic E-state index is 0.0437. The first kappa shape index (κ1) is 13.5. The molecule has 1 atom stereocenters. The maximum Gasteiger partial charge on any atom is 0.125 e. The number of nitrogens with one attached hydrogen (secondary N) is 1. The number of halogens is 2. The Morgan fingerprint density at radius 3 is 2.67 bits per heavy atom. The van der Waals surface area contributed by atoms with Gasteiger partial charge in [-0.1, -0.05) is 13.0 Å². The fraction of sp³-hybridized carbons (Fsp3) is 0.286. The molecule has 96 valence electrons. The van der Waals surface area contributed by atoms with Gasteiger partial charge in [-0.05, 0) is 59.5 Å². The number of benzene rings is 1. The highest BCUT2D eigenvalue weighted by atomic mass is 127. The normalized spacial score (nSPS) is 12.7. The standard InChI is InChI=1S/C14H15FINO/c1-3-10-5-7-13(18-10)14(17-2)11-6-4-9(15)8-12(11)16/h4-8,14,17H,3H2,1-2H3. The van der Waals surface area contributed by atoms with Gasteiger partial charge in [-0.3, -0.25) is 0 Å². The summed E-state index contributed by atoms with van der Waals surface area (Å²) in [5, 5.41) is 3.21. The van der Waals surface area contributed by atoms with Crippen LogP contribution in [0.1, 0.15) is 30.0 Å². The van der Waals surface area contributed by atoms with Crippen LogP contribution in [0, 0.1) is 9.39 Å². The van der Waals surface area contributed by atoms with Gasteiger partial charge >= 0.3 is 0 Å². The molecule has 0 aliphatic rings. The van der Waals surface area contributed by atoms with E-state index in [0.29, 0.717) is 0 Å². The third-order valence-electron chi connectivity index (χ3n) is 2.88.